The van der Waals surface area contributed by atoms with E-state index in [1.165, 1.54) is 12.8 Å². The fourth-order valence-corrected chi connectivity index (χ4v) is 9.77. The fourth-order valence-electron chi connectivity index (χ4n) is 8.14. The summed E-state index contributed by atoms with van der Waals surface area (Å²) in [6.07, 6.45) is 6.43. The molecule has 5 N–H and O–H groups in total. The van der Waals surface area contributed by atoms with E-state index in [2.05, 4.69) is 38.2 Å². The van der Waals surface area contributed by atoms with E-state index in [-0.39, 0.29) is 36.6 Å². The molecule has 0 aromatic carbocycles. The molecule has 1 aliphatic carbocycles. The SMILES string of the molecule is CC1NN(C2CCNC(NC3CCC(C4CSC5C(=O)CC(N6CCOCC6)OC54)CC3)N2)CC1C[NH+](C)CC(=O)[O-]. The number of fused-ring (bicyclic) bond motifs is 1. The number of likely N-dealkylation sites (N-methyl/N-ethyl adjacent to an activating group) is 1. The second kappa shape index (κ2) is 14.1. The molecule has 0 aromatic heterocycles. The summed E-state index contributed by atoms with van der Waals surface area (Å²) in [6.45, 7) is 8.04. The molecular weight excluding hydrogens is 558 g/mol. The van der Waals surface area contributed by atoms with Crippen molar-refractivity contribution >= 4 is 23.5 Å². The van der Waals surface area contributed by atoms with Gasteiger partial charge in [-0.05, 0) is 56.6 Å². The molecule has 5 aliphatic heterocycles. The number of quaternary nitrogens is 1. The first-order chi connectivity index (χ1) is 20.3. The maximum absolute atomic E-state index is 13.1. The van der Waals surface area contributed by atoms with Crippen LogP contribution in [0.15, 0.2) is 0 Å². The van der Waals surface area contributed by atoms with Crippen LogP contribution in [0.4, 0.5) is 0 Å². The van der Waals surface area contributed by atoms with Crippen LogP contribution in [-0.2, 0) is 19.1 Å². The molecule has 0 bridgehead atoms. The molecule has 9 atom stereocenters. The summed E-state index contributed by atoms with van der Waals surface area (Å²) < 4.78 is 12.2. The van der Waals surface area contributed by atoms with Crippen LogP contribution in [0.2, 0.25) is 0 Å². The lowest BCUT2D eigenvalue weighted by molar-refractivity contribution is -0.877. The van der Waals surface area contributed by atoms with Gasteiger partial charge in [0, 0.05) is 50.6 Å². The molecule has 5 heterocycles. The Morgan fingerprint density at radius 1 is 1.19 bits per heavy atom. The van der Waals surface area contributed by atoms with Gasteiger partial charge in [-0.2, -0.15) is 0 Å². The number of nitrogens with one attached hydrogen (secondary N) is 5. The van der Waals surface area contributed by atoms with Gasteiger partial charge < -0.3 is 24.3 Å². The number of carbonyl (C=O) groups is 2. The summed E-state index contributed by atoms with van der Waals surface area (Å²) in [5.41, 5.74) is 3.64. The van der Waals surface area contributed by atoms with Crippen LogP contribution in [0.25, 0.3) is 0 Å². The fraction of sp³-hybridized carbons (Fsp3) is 0.931. The number of thioether (sulfide) groups is 1. The number of ether oxygens (including phenoxy) is 2. The Kier molecular flexibility index (Phi) is 10.4. The number of hydrogen-bond donors (Lipinski definition) is 5. The number of Topliss-reactive ketones (excluding diaryl/α,β-unsaturated/α-hetero) is 1. The first-order valence-corrected chi connectivity index (χ1v) is 17.3. The Balaban J connectivity index is 0.957. The number of carboxylic acid groups (broad SMARTS) is 1. The molecule has 6 rings (SSSR count). The average molecular weight is 610 g/mol. The summed E-state index contributed by atoms with van der Waals surface area (Å²) in [6, 6.07) is 0.769. The highest BCUT2D eigenvalue weighted by Crippen LogP contribution is 2.46. The van der Waals surface area contributed by atoms with E-state index in [1.54, 1.807) is 0 Å². The van der Waals surface area contributed by atoms with Gasteiger partial charge in [0.2, 0.25) is 0 Å². The minimum absolute atomic E-state index is 0.0215. The summed E-state index contributed by atoms with van der Waals surface area (Å²) in [7, 11) is 1.93. The van der Waals surface area contributed by atoms with Crippen LogP contribution < -0.4 is 31.4 Å². The van der Waals surface area contributed by atoms with Crippen LogP contribution in [0, 0.1) is 17.8 Å². The van der Waals surface area contributed by atoms with E-state index < -0.39 is 5.97 Å². The van der Waals surface area contributed by atoms with E-state index in [9.17, 15) is 14.7 Å². The normalized spacial score (nSPS) is 42.9. The van der Waals surface area contributed by atoms with Gasteiger partial charge in [-0.25, -0.2) is 5.01 Å². The molecule has 6 aliphatic rings. The Morgan fingerprint density at radius 3 is 2.74 bits per heavy atom. The minimum atomic E-state index is -0.993. The van der Waals surface area contributed by atoms with Crippen molar-refractivity contribution in [1.29, 1.82) is 0 Å². The van der Waals surface area contributed by atoms with Gasteiger partial charge in [0.25, 0.3) is 0 Å². The van der Waals surface area contributed by atoms with E-state index in [4.69, 9.17) is 9.47 Å². The van der Waals surface area contributed by atoms with Gasteiger partial charge in [0.1, 0.15) is 19.1 Å². The zero-order valence-corrected chi connectivity index (χ0v) is 26.0. The molecule has 12 nitrogen and oxygen atoms in total. The van der Waals surface area contributed by atoms with Crippen LogP contribution in [0.3, 0.4) is 0 Å². The van der Waals surface area contributed by atoms with Crippen LogP contribution in [-0.4, -0.2) is 129 Å². The first-order valence-electron chi connectivity index (χ1n) is 16.2. The van der Waals surface area contributed by atoms with Gasteiger partial charge >= 0.3 is 0 Å². The van der Waals surface area contributed by atoms with Crippen molar-refractivity contribution in [2.24, 2.45) is 17.8 Å². The predicted octanol–water partition coefficient (Wildman–Crippen LogP) is -2.84. The quantitative estimate of drug-likeness (QED) is 0.184. The molecule has 13 heteroatoms. The lowest BCUT2D eigenvalue weighted by Gasteiger charge is -2.43. The van der Waals surface area contributed by atoms with Gasteiger partial charge in [-0.3, -0.25) is 31.1 Å². The minimum Gasteiger partial charge on any atom is -0.544 e. The van der Waals surface area contributed by atoms with Crippen molar-refractivity contribution in [2.45, 2.75) is 87.6 Å². The monoisotopic (exact) mass is 609 g/mol. The van der Waals surface area contributed by atoms with Gasteiger partial charge in [0.05, 0.1) is 50.3 Å². The van der Waals surface area contributed by atoms with Crippen molar-refractivity contribution in [2.75, 3.05) is 65.3 Å². The van der Waals surface area contributed by atoms with Gasteiger partial charge in [0.15, 0.2) is 5.78 Å². The number of nitrogens with zero attached hydrogens (tertiary/aromatic N) is 2. The molecule has 1 saturated carbocycles. The number of aliphatic carboxylic acids is 1. The van der Waals surface area contributed by atoms with Crippen molar-refractivity contribution in [3.63, 3.8) is 0 Å². The Hall–Kier alpha value is -0.870. The van der Waals surface area contributed by atoms with E-state index >= 15 is 0 Å². The highest BCUT2D eigenvalue weighted by Gasteiger charge is 2.50. The predicted molar refractivity (Wildman–Crippen MR) is 157 cm³/mol. The third kappa shape index (κ3) is 7.32. The molecule has 0 amide bonds. The van der Waals surface area contributed by atoms with Crippen molar-refractivity contribution in [1.82, 2.24) is 31.3 Å². The first kappa shape index (κ1) is 31.1. The molecule has 238 valence electrons. The maximum Gasteiger partial charge on any atom is 0.152 e. The molecule has 9 unspecified atom stereocenters. The summed E-state index contributed by atoms with van der Waals surface area (Å²) in [5, 5.41) is 24.6. The van der Waals surface area contributed by atoms with Crippen molar-refractivity contribution in [3.8, 4) is 0 Å². The standard InChI is InChI=1S/C29H51N7O5S/c1-18-20(14-34(2)16-26(38)39)15-36(33-18)24-7-8-30-29(32-24)31-21-5-3-19(4-6-21)22-17-42-28-23(37)13-25(41-27(22)28)35-9-11-40-12-10-35/h18-22,24-25,27-33H,3-17H2,1-2H3,(H,38,39). The number of morpholine rings is 1. The lowest BCUT2D eigenvalue weighted by atomic mass is 9.75. The number of ketones is 1. The zero-order valence-electron chi connectivity index (χ0n) is 25.2. The van der Waals surface area contributed by atoms with Crippen molar-refractivity contribution < 1.29 is 29.1 Å². The van der Waals surface area contributed by atoms with E-state index in [1.807, 2.05) is 18.8 Å². The summed E-state index contributed by atoms with van der Waals surface area (Å²) in [4.78, 5) is 27.3. The Bertz CT molecular complexity index is 936. The number of carbonyl (C=O) groups excluding carboxylic acids is 2. The molecule has 0 aromatic rings. The highest BCUT2D eigenvalue weighted by atomic mass is 32.2. The molecule has 6 fully saturated rings. The summed E-state index contributed by atoms with van der Waals surface area (Å²) in [5.74, 6) is 1.91. The molecule has 0 spiro atoms. The highest BCUT2D eigenvalue weighted by molar-refractivity contribution is 8.01. The molecule has 0 radical (unpaired) electrons. The van der Waals surface area contributed by atoms with Crippen LogP contribution in [0.1, 0.15) is 45.4 Å². The second-order valence-electron chi connectivity index (χ2n) is 13.5. The third-order valence-electron chi connectivity index (χ3n) is 10.5. The summed E-state index contributed by atoms with van der Waals surface area (Å²) >= 11 is 1.84. The van der Waals surface area contributed by atoms with E-state index in [0.29, 0.717) is 42.0 Å². The van der Waals surface area contributed by atoms with Crippen molar-refractivity contribution in [3.05, 3.63) is 0 Å². The lowest BCUT2D eigenvalue weighted by Crippen LogP contribution is -3.11. The van der Waals surface area contributed by atoms with Crippen LogP contribution in [0.5, 0.6) is 0 Å². The largest absolute Gasteiger partial charge is 0.544 e. The third-order valence-corrected chi connectivity index (χ3v) is 12.0. The Labute approximate surface area is 254 Å². The second-order valence-corrected chi connectivity index (χ2v) is 14.6. The van der Waals surface area contributed by atoms with Crippen LogP contribution >= 0.6 is 11.8 Å². The number of rotatable bonds is 9. The molecule has 5 saturated heterocycles. The zero-order chi connectivity index (χ0) is 29.2. The average Bonchev–Trinajstić information content (AvgIpc) is 3.57. The van der Waals surface area contributed by atoms with Gasteiger partial charge in [-0.15, -0.1) is 11.8 Å². The number of carboxylic acids is 1. The van der Waals surface area contributed by atoms with E-state index in [0.717, 1.165) is 75.9 Å². The number of hydrazine groups is 1. The smallest absolute Gasteiger partial charge is 0.152 e. The molecular formula is C29H51N7O5S. The topological polar surface area (TPSA) is 135 Å². The number of hydrogen-bond acceptors (Lipinski definition) is 12. The maximum atomic E-state index is 13.1. The van der Waals surface area contributed by atoms with Gasteiger partial charge in [-0.1, -0.05) is 0 Å². The molecule has 42 heavy (non-hydrogen) atoms. The Morgan fingerprint density at radius 2 is 1.98 bits per heavy atom.